The van der Waals surface area contributed by atoms with Crippen molar-refractivity contribution >= 4 is 5.69 Å². The van der Waals surface area contributed by atoms with Crippen molar-refractivity contribution in [1.29, 1.82) is 0 Å². The number of aliphatic hydroxyl groups excluding tert-OH is 1. The van der Waals surface area contributed by atoms with Crippen LogP contribution in [0.3, 0.4) is 0 Å². The molecule has 106 valence electrons. The van der Waals surface area contributed by atoms with Crippen LogP contribution < -0.4 is 0 Å². The van der Waals surface area contributed by atoms with Crippen molar-refractivity contribution < 1.29 is 10.0 Å². The molecule has 1 atom stereocenters. The standard InChI is InChI=1S/C14H22N2O3/c1-10(2)15(11(3)4)9-14(17)12-6-5-7-13(8-12)16(18)19/h5-8,10-11,14,17H,9H2,1-4H3/t14-/m0/s1. The van der Waals surface area contributed by atoms with Crippen LogP contribution in [-0.2, 0) is 0 Å². The first-order valence-corrected chi connectivity index (χ1v) is 6.51. The lowest BCUT2D eigenvalue weighted by molar-refractivity contribution is -0.385. The highest BCUT2D eigenvalue weighted by Crippen LogP contribution is 2.21. The summed E-state index contributed by atoms with van der Waals surface area (Å²) >= 11 is 0. The molecule has 0 saturated carbocycles. The fourth-order valence-corrected chi connectivity index (χ4v) is 2.17. The number of hydrogen-bond donors (Lipinski definition) is 1. The van der Waals surface area contributed by atoms with Gasteiger partial charge in [-0.1, -0.05) is 12.1 Å². The van der Waals surface area contributed by atoms with Gasteiger partial charge in [-0.3, -0.25) is 15.0 Å². The minimum Gasteiger partial charge on any atom is -0.387 e. The maximum Gasteiger partial charge on any atom is 0.269 e. The molecule has 5 heteroatoms. The van der Waals surface area contributed by atoms with Crippen molar-refractivity contribution in [1.82, 2.24) is 4.90 Å². The highest BCUT2D eigenvalue weighted by molar-refractivity contribution is 5.35. The first-order chi connectivity index (χ1) is 8.82. The third-order valence-electron chi connectivity index (χ3n) is 3.18. The number of nitro groups is 1. The van der Waals surface area contributed by atoms with Crippen molar-refractivity contribution in [2.75, 3.05) is 6.54 Å². The van der Waals surface area contributed by atoms with E-state index in [0.717, 1.165) is 0 Å². The molecular weight excluding hydrogens is 244 g/mol. The summed E-state index contributed by atoms with van der Waals surface area (Å²) in [6.07, 6.45) is -0.718. The Bertz CT molecular complexity index is 424. The third kappa shape index (κ3) is 4.29. The molecule has 1 aromatic rings. The van der Waals surface area contributed by atoms with Crippen LogP contribution >= 0.6 is 0 Å². The van der Waals surface area contributed by atoms with Crippen LogP contribution in [0.5, 0.6) is 0 Å². The second-order valence-electron chi connectivity index (χ2n) is 5.25. The molecule has 0 saturated heterocycles. The van der Waals surface area contributed by atoms with Gasteiger partial charge in [0.15, 0.2) is 0 Å². The number of non-ortho nitro benzene ring substituents is 1. The van der Waals surface area contributed by atoms with E-state index in [2.05, 4.69) is 32.6 Å². The predicted octanol–water partition coefficient (Wildman–Crippen LogP) is 2.75. The number of nitrogens with zero attached hydrogens (tertiary/aromatic N) is 2. The topological polar surface area (TPSA) is 66.6 Å². The molecule has 0 aliphatic heterocycles. The molecule has 0 aromatic heterocycles. The zero-order valence-corrected chi connectivity index (χ0v) is 11.9. The van der Waals surface area contributed by atoms with Gasteiger partial charge in [0.25, 0.3) is 5.69 Å². The van der Waals surface area contributed by atoms with E-state index in [0.29, 0.717) is 24.2 Å². The van der Waals surface area contributed by atoms with Crippen LogP contribution in [0.25, 0.3) is 0 Å². The maximum absolute atomic E-state index is 10.7. The molecule has 5 nitrogen and oxygen atoms in total. The third-order valence-corrected chi connectivity index (χ3v) is 3.18. The van der Waals surface area contributed by atoms with Gasteiger partial charge in [0, 0.05) is 30.8 Å². The van der Waals surface area contributed by atoms with Crippen LogP contribution in [0, 0.1) is 10.1 Å². The highest BCUT2D eigenvalue weighted by Gasteiger charge is 2.19. The van der Waals surface area contributed by atoms with Crippen LogP contribution in [0.4, 0.5) is 5.69 Å². The van der Waals surface area contributed by atoms with E-state index in [4.69, 9.17) is 0 Å². The van der Waals surface area contributed by atoms with E-state index in [1.54, 1.807) is 12.1 Å². The zero-order chi connectivity index (χ0) is 14.6. The van der Waals surface area contributed by atoms with Crippen LogP contribution in [-0.4, -0.2) is 33.6 Å². The van der Waals surface area contributed by atoms with Gasteiger partial charge in [-0.25, -0.2) is 0 Å². The van der Waals surface area contributed by atoms with Gasteiger partial charge in [0.2, 0.25) is 0 Å². The summed E-state index contributed by atoms with van der Waals surface area (Å²) in [5, 5.41) is 21.0. The number of hydrogen-bond acceptors (Lipinski definition) is 4. The molecule has 0 fully saturated rings. The van der Waals surface area contributed by atoms with Gasteiger partial charge in [-0.15, -0.1) is 0 Å². The average molecular weight is 266 g/mol. The Morgan fingerprint density at radius 2 is 1.84 bits per heavy atom. The molecule has 0 unspecified atom stereocenters. The Labute approximate surface area is 114 Å². The largest absolute Gasteiger partial charge is 0.387 e. The smallest absolute Gasteiger partial charge is 0.269 e. The Hall–Kier alpha value is -1.46. The maximum atomic E-state index is 10.7. The lowest BCUT2D eigenvalue weighted by Crippen LogP contribution is -2.39. The summed E-state index contributed by atoms with van der Waals surface area (Å²) in [7, 11) is 0. The van der Waals surface area contributed by atoms with Gasteiger partial charge in [0.05, 0.1) is 11.0 Å². The second-order valence-corrected chi connectivity index (χ2v) is 5.25. The van der Waals surface area contributed by atoms with Crippen molar-refractivity contribution in [3.05, 3.63) is 39.9 Å². The summed E-state index contributed by atoms with van der Waals surface area (Å²) in [6, 6.07) is 6.81. The second kappa shape index (κ2) is 6.63. The average Bonchev–Trinajstić information content (AvgIpc) is 2.34. The van der Waals surface area contributed by atoms with Gasteiger partial charge in [-0.2, -0.15) is 0 Å². The Kier molecular flexibility index (Phi) is 5.44. The van der Waals surface area contributed by atoms with Crippen LogP contribution in [0.2, 0.25) is 0 Å². The van der Waals surface area contributed by atoms with E-state index >= 15 is 0 Å². The molecule has 1 aromatic carbocycles. The summed E-state index contributed by atoms with van der Waals surface area (Å²) in [5.41, 5.74) is 0.595. The quantitative estimate of drug-likeness (QED) is 0.635. The fraction of sp³-hybridized carbons (Fsp3) is 0.571. The Morgan fingerprint density at radius 3 is 2.32 bits per heavy atom. The number of aliphatic hydroxyl groups is 1. The zero-order valence-electron chi connectivity index (χ0n) is 11.9. The van der Waals surface area contributed by atoms with Crippen LogP contribution in [0.1, 0.15) is 39.4 Å². The van der Waals surface area contributed by atoms with E-state index in [9.17, 15) is 15.2 Å². The number of nitro benzene ring substituents is 1. The number of rotatable bonds is 6. The summed E-state index contributed by atoms with van der Waals surface area (Å²) in [6.45, 7) is 8.75. The molecule has 0 aliphatic rings. The molecule has 0 heterocycles. The molecule has 0 radical (unpaired) electrons. The van der Waals surface area contributed by atoms with E-state index < -0.39 is 11.0 Å². The van der Waals surface area contributed by atoms with Gasteiger partial charge in [-0.05, 0) is 33.3 Å². The number of benzene rings is 1. The molecule has 19 heavy (non-hydrogen) atoms. The SMILES string of the molecule is CC(C)N(C[C@H](O)c1cccc([N+](=O)[O-])c1)C(C)C. The molecular formula is C14H22N2O3. The fourth-order valence-electron chi connectivity index (χ4n) is 2.17. The van der Waals surface area contributed by atoms with Crippen molar-refractivity contribution in [3.63, 3.8) is 0 Å². The van der Waals surface area contributed by atoms with Crippen LogP contribution in [0.15, 0.2) is 24.3 Å². The highest BCUT2D eigenvalue weighted by atomic mass is 16.6. The Morgan fingerprint density at radius 1 is 1.26 bits per heavy atom. The van der Waals surface area contributed by atoms with E-state index in [-0.39, 0.29) is 5.69 Å². The molecule has 0 amide bonds. The molecule has 1 rings (SSSR count). The lowest BCUT2D eigenvalue weighted by Gasteiger charge is -2.32. The first-order valence-electron chi connectivity index (χ1n) is 6.51. The molecule has 0 spiro atoms. The molecule has 0 bridgehead atoms. The molecule has 1 N–H and O–H groups in total. The van der Waals surface area contributed by atoms with E-state index in [1.165, 1.54) is 12.1 Å². The predicted molar refractivity (Wildman–Crippen MR) is 75.0 cm³/mol. The summed E-state index contributed by atoms with van der Waals surface area (Å²) in [4.78, 5) is 12.4. The first kappa shape index (κ1) is 15.6. The van der Waals surface area contributed by atoms with Crippen molar-refractivity contribution in [2.45, 2.75) is 45.9 Å². The van der Waals surface area contributed by atoms with Crippen molar-refractivity contribution in [3.8, 4) is 0 Å². The van der Waals surface area contributed by atoms with Gasteiger partial charge < -0.3 is 5.11 Å². The summed E-state index contributed by atoms with van der Waals surface area (Å²) < 4.78 is 0. The minimum atomic E-state index is -0.718. The Balaban J connectivity index is 2.85. The minimum absolute atomic E-state index is 0.0113. The lowest BCUT2D eigenvalue weighted by atomic mass is 10.1. The van der Waals surface area contributed by atoms with Crippen molar-refractivity contribution in [2.24, 2.45) is 0 Å². The molecule has 0 aliphatic carbocycles. The van der Waals surface area contributed by atoms with E-state index in [1.807, 2.05) is 0 Å². The van der Waals surface area contributed by atoms with Gasteiger partial charge in [0.1, 0.15) is 0 Å². The normalized spacial score (nSPS) is 13.3. The summed E-state index contributed by atoms with van der Waals surface area (Å²) in [5.74, 6) is 0. The van der Waals surface area contributed by atoms with Gasteiger partial charge >= 0.3 is 0 Å². The monoisotopic (exact) mass is 266 g/mol.